The van der Waals surface area contributed by atoms with E-state index in [0.717, 1.165) is 25.5 Å². The number of carbonyl (C=O) groups excluding carboxylic acids is 1. The number of nitrogens with one attached hydrogen (secondary N) is 2. The molecule has 0 bridgehead atoms. The normalized spacial score (nSPS) is 15.5. The molecule has 12 heteroatoms. The lowest BCUT2D eigenvalue weighted by atomic mass is 9.90. The van der Waals surface area contributed by atoms with Crippen LogP contribution in [0.3, 0.4) is 0 Å². The molecule has 2 aromatic rings. The Labute approximate surface area is 217 Å². The fourth-order valence-electron chi connectivity index (χ4n) is 3.91. The number of hydrogen-bond acceptors (Lipinski definition) is 7. The van der Waals surface area contributed by atoms with Gasteiger partial charge in [-0.2, -0.15) is 13.8 Å². The van der Waals surface area contributed by atoms with Gasteiger partial charge in [0.05, 0.1) is 11.1 Å². The smallest absolute Gasteiger partial charge is 0.348 e. The zero-order valence-electron chi connectivity index (χ0n) is 21.1. The number of alkyl halides is 2. The van der Waals surface area contributed by atoms with Gasteiger partial charge < -0.3 is 26.8 Å². The molecule has 0 fully saturated rings. The van der Waals surface area contributed by atoms with Crippen molar-refractivity contribution in [3.63, 3.8) is 0 Å². The van der Waals surface area contributed by atoms with E-state index in [2.05, 4.69) is 21.2 Å². The summed E-state index contributed by atoms with van der Waals surface area (Å²) in [7, 11) is 0. The van der Waals surface area contributed by atoms with Crippen LogP contribution in [0.4, 0.5) is 24.8 Å². The number of aromatic nitrogens is 2. The van der Waals surface area contributed by atoms with E-state index in [0.29, 0.717) is 19.5 Å². The average Bonchev–Trinajstić information content (AvgIpc) is 2.84. The number of benzene rings is 1. The Morgan fingerprint density at radius 2 is 2.08 bits per heavy atom. The molecule has 1 aromatic carbocycles. The second kappa shape index (κ2) is 10.6. The molecule has 0 unspecified atom stereocenters. The molecule has 1 atom stereocenters. The first kappa shape index (κ1) is 28.3. The molecule has 1 aliphatic heterocycles. The quantitative estimate of drug-likeness (QED) is 0.345. The molecule has 1 aliphatic rings. The number of aliphatic hydroxyl groups is 1. The van der Waals surface area contributed by atoms with E-state index in [1.165, 1.54) is 25.1 Å². The van der Waals surface area contributed by atoms with Crippen LogP contribution >= 0.6 is 0 Å². The van der Waals surface area contributed by atoms with Crippen molar-refractivity contribution in [2.24, 2.45) is 5.73 Å². The fraction of sp³-hybridized carbons (Fsp3) is 0.346. The predicted molar refractivity (Wildman–Crippen MR) is 138 cm³/mol. The summed E-state index contributed by atoms with van der Waals surface area (Å²) >= 11 is 0. The first-order valence-electron chi connectivity index (χ1n) is 11.6. The third-order valence-corrected chi connectivity index (χ3v) is 6.22. The number of nitrogen functional groups attached to an aromatic ring is 1. The Morgan fingerprint density at radius 1 is 1.39 bits per heavy atom. The number of hydrogen-bond donors (Lipinski definition) is 5. The molecule has 1 amide bonds. The van der Waals surface area contributed by atoms with E-state index in [-0.39, 0.29) is 34.4 Å². The number of nitrogens with two attached hydrogens (primary N) is 2. The number of terminal acetylenes is 1. The van der Waals surface area contributed by atoms with E-state index < -0.39 is 34.6 Å². The topological polar surface area (TPSA) is 150 Å². The van der Waals surface area contributed by atoms with Crippen LogP contribution in [0.2, 0.25) is 0 Å². The highest BCUT2D eigenvalue weighted by atomic mass is 19.3. The van der Waals surface area contributed by atoms with Gasteiger partial charge in [-0.1, -0.05) is 24.1 Å². The van der Waals surface area contributed by atoms with Crippen molar-refractivity contribution >= 4 is 23.6 Å². The Kier molecular flexibility index (Phi) is 7.92. The number of aromatic amines is 1. The lowest BCUT2D eigenvalue weighted by Gasteiger charge is -2.30. The minimum absolute atomic E-state index is 0.0691. The highest BCUT2D eigenvalue weighted by molar-refractivity contribution is 5.76. The molecular weight excluding hydrogens is 501 g/mol. The summed E-state index contributed by atoms with van der Waals surface area (Å²) in [4.78, 5) is 31.5. The SMILES string of the molecule is C#C[C@@H](Nc1nc(=O)[nH]c(N)c1/C=C(\N)C1=CCN(C(C)=O)CC1)c1cccc(C(F)(F)C(C)(C)O)c1F. The van der Waals surface area contributed by atoms with Crippen LogP contribution in [0.25, 0.3) is 6.08 Å². The molecule has 0 saturated heterocycles. The number of carbonyl (C=O) groups is 1. The van der Waals surface area contributed by atoms with Crippen LogP contribution in [0.1, 0.15) is 49.9 Å². The van der Waals surface area contributed by atoms with Gasteiger partial charge in [-0.05, 0) is 38.0 Å². The van der Waals surface area contributed by atoms with Gasteiger partial charge in [0, 0.05) is 31.3 Å². The van der Waals surface area contributed by atoms with Gasteiger partial charge in [0.25, 0.3) is 0 Å². The van der Waals surface area contributed by atoms with E-state index in [4.69, 9.17) is 17.9 Å². The average molecular weight is 531 g/mol. The van der Waals surface area contributed by atoms with E-state index in [9.17, 15) is 23.5 Å². The summed E-state index contributed by atoms with van der Waals surface area (Å²) in [5, 5.41) is 12.6. The molecule has 0 radical (unpaired) electrons. The molecular formula is C26H29F3N6O3. The molecule has 3 rings (SSSR count). The molecule has 38 heavy (non-hydrogen) atoms. The number of rotatable bonds is 7. The van der Waals surface area contributed by atoms with Gasteiger partial charge in [-0.15, -0.1) is 6.42 Å². The van der Waals surface area contributed by atoms with Crippen LogP contribution in [0, 0.1) is 18.2 Å². The highest BCUT2D eigenvalue weighted by Crippen LogP contribution is 2.41. The number of halogens is 3. The summed E-state index contributed by atoms with van der Waals surface area (Å²) in [6.45, 7) is 4.02. The summed E-state index contributed by atoms with van der Waals surface area (Å²) in [6.07, 6.45) is 9.31. The molecule has 2 heterocycles. The van der Waals surface area contributed by atoms with Crippen LogP contribution in [0.5, 0.6) is 0 Å². The van der Waals surface area contributed by atoms with Crippen molar-refractivity contribution in [3.8, 4) is 12.3 Å². The zero-order chi connectivity index (χ0) is 28.4. The first-order chi connectivity index (χ1) is 17.7. The van der Waals surface area contributed by atoms with Gasteiger partial charge in [-0.25, -0.2) is 9.18 Å². The molecule has 0 spiro atoms. The van der Waals surface area contributed by atoms with Crippen LogP contribution in [0.15, 0.2) is 40.3 Å². The number of H-pyrrole nitrogens is 1. The van der Waals surface area contributed by atoms with Crippen molar-refractivity contribution in [3.05, 3.63) is 68.5 Å². The second-order valence-electron chi connectivity index (χ2n) is 9.35. The van der Waals surface area contributed by atoms with Gasteiger partial charge in [-0.3, -0.25) is 9.78 Å². The Morgan fingerprint density at radius 3 is 2.63 bits per heavy atom. The van der Waals surface area contributed by atoms with Crippen LogP contribution in [-0.2, 0) is 10.7 Å². The molecule has 0 saturated carbocycles. The molecule has 202 valence electrons. The van der Waals surface area contributed by atoms with Gasteiger partial charge in [0.1, 0.15) is 29.1 Å². The van der Waals surface area contributed by atoms with Crippen LogP contribution in [-0.4, -0.2) is 44.6 Å². The maximum absolute atomic E-state index is 15.3. The Hall–Kier alpha value is -4.24. The molecule has 7 N–H and O–H groups in total. The van der Waals surface area contributed by atoms with E-state index in [1.54, 1.807) is 11.0 Å². The minimum Gasteiger partial charge on any atom is -0.398 e. The number of allylic oxidation sites excluding steroid dienone is 1. The standard InChI is InChI=1S/C26H29F3N6O3/c1-5-20(16-7-6-8-18(21(16)27)26(28,29)25(3,4)38)32-23-17(22(31)33-24(37)34-23)13-19(30)15-9-11-35(12-10-15)14(2)36/h1,6-9,13,20,38H,10-12,30H2,2-4H3,(H4,31,32,33,34,37)/b19-13-/t20-/m1/s1. The van der Waals surface area contributed by atoms with Gasteiger partial charge in [0.15, 0.2) is 0 Å². The number of nitrogens with zero attached hydrogens (tertiary/aromatic N) is 2. The molecule has 1 aromatic heterocycles. The summed E-state index contributed by atoms with van der Waals surface area (Å²) in [5.74, 6) is -3.33. The summed E-state index contributed by atoms with van der Waals surface area (Å²) in [6, 6.07) is 1.88. The summed E-state index contributed by atoms with van der Waals surface area (Å²) in [5.41, 5.74) is 8.66. The van der Waals surface area contributed by atoms with Crippen molar-refractivity contribution in [2.45, 2.75) is 44.8 Å². The molecule has 9 nitrogen and oxygen atoms in total. The Bertz CT molecular complexity index is 1400. The fourth-order valence-corrected chi connectivity index (χ4v) is 3.91. The van der Waals surface area contributed by atoms with Gasteiger partial charge in [0.2, 0.25) is 5.91 Å². The number of amides is 1. The van der Waals surface area contributed by atoms with Crippen molar-refractivity contribution < 1.29 is 23.1 Å². The van der Waals surface area contributed by atoms with E-state index >= 15 is 4.39 Å². The number of anilines is 2. The lowest BCUT2D eigenvalue weighted by Crippen LogP contribution is -2.41. The highest BCUT2D eigenvalue weighted by Gasteiger charge is 2.49. The maximum atomic E-state index is 15.3. The largest absolute Gasteiger partial charge is 0.398 e. The van der Waals surface area contributed by atoms with Crippen molar-refractivity contribution in [2.75, 3.05) is 24.1 Å². The first-order valence-corrected chi connectivity index (χ1v) is 11.6. The van der Waals surface area contributed by atoms with Gasteiger partial charge >= 0.3 is 11.6 Å². The Balaban J connectivity index is 2.02. The maximum Gasteiger partial charge on any atom is 0.348 e. The predicted octanol–water partition coefficient (Wildman–Crippen LogP) is 2.62. The zero-order valence-corrected chi connectivity index (χ0v) is 21.1. The minimum atomic E-state index is -3.94. The molecule has 0 aliphatic carbocycles. The second-order valence-corrected chi connectivity index (χ2v) is 9.35. The lowest BCUT2D eigenvalue weighted by molar-refractivity contribution is -0.170. The van der Waals surface area contributed by atoms with Crippen molar-refractivity contribution in [1.82, 2.24) is 14.9 Å². The van der Waals surface area contributed by atoms with Crippen molar-refractivity contribution in [1.29, 1.82) is 0 Å². The summed E-state index contributed by atoms with van der Waals surface area (Å²) < 4.78 is 44.9. The monoisotopic (exact) mass is 530 g/mol. The van der Waals surface area contributed by atoms with Crippen LogP contribution < -0.4 is 22.5 Å². The third kappa shape index (κ3) is 5.68. The van der Waals surface area contributed by atoms with E-state index in [1.807, 2.05) is 0 Å². The third-order valence-electron chi connectivity index (χ3n) is 6.22.